The Morgan fingerprint density at radius 3 is 2.00 bits per heavy atom. The molecule has 5 N–H and O–H groups in total. The molecular weight excluding hydrogens is 290 g/mol. The molecule has 1 amide bonds. The zero-order chi connectivity index (χ0) is 16.7. The Bertz CT molecular complexity index is 710. The van der Waals surface area contributed by atoms with E-state index in [1.807, 2.05) is 60.7 Å². The van der Waals surface area contributed by atoms with Crippen LogP contribution >= 0.6 is 0 Å². The molecule has 0 heterocycles. The number of carbonyl (C=O) groups is 1. The molecule has 0 unspecified atom stereocenters. The minimum absolute atomic E-state index is 0.0502. The summed E-state index contributed by atoms with van der Waals surface area (Å²) in [5.74, 6) is -0.510. The molecule has 0 spiro atoms. The Morgan fingerprint density at radius 2 is 1.48 bits per heavy atom. The van der Waals surface area contributed by atoms with Gasteiger partial charge in [0.25, 0.3) is 0 Å². The first-order valence-electron chi connectivity index (χ1n) is 7.24. The molecule has 2 aromatic carbocycles. The van der Waals surface area contributed by atoms with Crippen LogP contribution in [0.1, 0.15) is 24.0 Å². The van der Waals surface area contributed by atoms with Crippen LogP contribution in [0.2, 0.25) is 0 Å². The van der Waals surface area contributed by atoms with Gasteiger partial charge < -0.3 is 5.73 Å². The number of amides is 1. The van der Waals surface area contributed by atoms with Gasteiger partial charge in [0.05, 0.1) is 5.71 Å². The highest BCUT2D eigenvalue weighted by Crippen LogP contribution is 2.21. The molecule has 0 saturated carbocycles. The quantitative estimate of drug-likeness (QED) is 0.375. The summed E-state index contributed by atoms with van der Waals surface area (Å²) < 4.78 is 0. The Balaban J connectivity index is 2.39. The van der Waals surface area contributed by atoms with Crippen molar-refractivity contribution in [1.82, 2.24) is 5.48 Å². The van der Waals surface area contributed by atoms with Crippen LogP contribution in [0.25, 0.3) is 5.70 Å². The molecule has 0 aromatic heterocycles. The number of nitrogens with two attached hydrogens (primary N) is 1. The Labute approximate surface area is 134 Å². The van der Waals surface area contributed by atoms with Gasteiger partial charge in [0, 0.05) is 17.7 Å². The predicted octanol–water partition coefficient (Wildman–Crippen LogP) is 2.71. The molecular formula is C18H19N3O2. The largest absolute Gasteiger partial charge is 0.398 e. The van der Waals surface area contributed by atoms with Crippen molar-refractivity contribution >= 4 is 17.3 Å². The van der Waals surface area contributed by atoms with E-state index in [-0.39, 0.29) is 18.6 Å². The van der Waals surface area contributed by atoms with Gasteiger partial charge in [-0.15, -0.1) is 0 Å². The van der Waals surface area contributed by atoms with E-state index in [2.05, 4.69) is 0 Å². The summed E-state index contributed by atoms with van der Waals surface area (Å²) in [6.07, 6.45) is 0.315. The number of benzene rings is 2. The molecule has 0 atom stereocenters. The topological polar surface area (TPSA) is 99.2 Å². The van der Waals surface area contributed by atoms with Crippen molar-refractivity contribution in [2.24, 2.45) is 5.73 Å². The number of rotatable bonds is 6. The summed E-state index contributed by atoms with van der Waals surface area (Å²) >= 11 is 0. The molecule has 2 rings (SSSR count). The summed E-state index contributed by atoms with van der Waals surface area (Å²) in [5, 5.41) is 17.1. The lowest BCUT2D eigenvalue weighted by Gasteiger charge is -2.14. The maximum atomic E-state index is 11.3. The summed E-state index contributed by atoms with van der Waals surface area (Å²) in [7, 11) is 0. The third kappa shape index (κ3) is 4.28. The fraction of sp³-hybridized carbons (Fsp3) is 0.111. The number of nitrogens with one attached hydrogen (secondary N) is 2. The van der Waals surface area contributed by atoms with Gasteiger partial charge >= 0.3 is 0 Å². The van der Waals surface area contributed by atoms with Crippen LogP contribution in [-0.2, 0) is 4.79 Å². The highest BCUT2D eigenvalue weighted by molar-refractivity contribution is 6.14. The number of hydroxylamine groups is 1. The average Bonchev–Trinajstić information content (AvgIpc) is 2.62. The van der Waals surface area contributed by atoms with Crippen molar-refractivity contribution in [3.8, 4) is 0 Å². The van der Waals surface area contributed by atoms with E-state index < -0.39 is 5.91 Å². The normalized spacial score (nSPS) is 11.5. The second kappa shape index (κ2) is 7.91. The van der Waals surface area contributed by atoms with Crippen LogP contribution in [0.15, 0.2) is 66.2 Å². The van der Waals surface area contributed by atoms with Crippen molar-refractivity contribution in [1.29, 1.82) is 5.41 Å². The second-order valence-electron chi connectivity index (χ2n) is 5.03. The number of hydrogen-bond acceptors (Lipinski definition) is 4. The SMILES string of the molecule is N=C(/C(CCC(=O)NO)=C(\N)c1ccccc1)c1ccccc1. The van der Waals surface area contributed by atoms with Crippen molar-refractivity contribution in [2.45, 2.75) is 12.8 Å². The molecule has 0 aliphatic carbocycles. The zero-order valence-corrected chi connectivity index (χ0v) is 12.6. The van der Waals surface area contributed by atoms with E-state index in [1.165, 1.54) is 0 Å². The van der Waals surface area contributed by atoms with Gasteiger partial charge in [-0.3, -0.25) is 15.4 Å². The standard InChI is InChI=1S/C18H19N3O2/c19-17(13-7-3-1-4-8-13)15(11-12-16(22)21-23)18(20)14-9-5-2-6-10-14/h1-10,19,23H,11-12,20H2,(H,21,22)/b18-15-,19-17?. The second-order valence-corrected chi connectivity index (χ2v) is 5.03. The van der Waals surface area contributed by atoms with Gasteiger partial charge in [0.15, 0.2) is 0 Å². The molecule has 23 heavy (non-hydrogen) atoms. The third-order valence-corrected chi connectivity index (χ3v) is 3.50. The molecule has 0 saturated heterocycles. The van der Waals surface area contributed by atoms with Crippen LogP contribution in [0.4, 0.5) is 0 Å². The fourth-order valence-electron chi connectivity index (χ4n) is 2.26. The Morgan fingerprint density at radius 1 is 0.957 bits per heavy atom. The molecule has 2 aromatic rings. The van der Waals surface area contributed by atoms with E-state index in [1.54, 1.807) is 5.48 Å². The van der Waals surface area contributed by atoms with E-state index in [4.69, 9.17) is 16.4 Å². The van der Waals surface area contributed by atoms with Crippen LogP contribution in [0, 0.1) is 5.41 Å². The van der Waals surface area contributed by atoms with Gasteiger partial charge in [0.2, 0.25) is 5.91 Å². The van der Waals surface area contributed by atoms with Crippen molar-refractivity contribution in [3.63, 3.8) is 0 Å². The van der Waals surface area contributed by atoms with Gasteiger partial charge in [-0.05, 0) is 17.5 Å². The lowest BCUT2D eigenvalue weighted by Crippen LogP contribution is -2.20. The molecule has 0 bridgehead atoms. The minimum atomic E-state index is -0.510. The van der Waals surface area contributed by atoms with E-state index >= 15 is 0 Å². The average molecular weight is 309 g/mol. The first-order chi connectivity index (χ1) is 11.1. The molecule has 5 heteroatoms. The molecule has 5 nitrogen and oxygen atoms in total. The summed E-state index contributed by atoms with van der Waals surface area (Å²) in [6, 6.07) is 18.6. The van der Waals surface area contributed by atoms with Crippen molar-refractivity contribution in [3.05, 3.63) is 77.4 Å². The summed E-state index contributed by atoms with van der Waals surface area (Å²) in [4.78, 5) is 11.3. The molecule has 0 aliphatic heterocycles. The van der Waals surface area contributed by atoms with Crippen LogP contribution in [0.5, 0.6) is 0 Å². The van der Waals surface area contributed by atoms with Crippen LogP contribution in [0.3, 0.4) is 0 Å². The first-order valence-corrected chi connectivity index (χ1v) is 7.24. The number of hydrogen-bond donors (Lipinski definition) is 4. The van der Waals surface area contributed by atoms with E-state index in [0.29, 0.717) is 11.3 Å². The Hall–Kier alpha value is -2.92. The smallest absolute Gasteiger partial charge is 0.243 e. The fourth-order valence-corrected chi connectivity index (χ4v) is 2.26. The third-order valence-electron chi connectivity index (χ3n) is 3.50. The monoisotopic (exact) mass is 309 g/mol. The zero-order valence-electron chi connectivity index (χ0n) is 12.6. The van der Waals surface area contributed by atoms with Gasteiger partial charge in [-0.25, -0.2) is 5.48 Å². The van der Waals surface area contributed by atoms with Gasteiger partial charge in [-0.2, -0.15) is 0 Å². The highest BCUT2D eigenvalue weighted by Gasteiger charge is 2.15. The summed E-state index contributed by atoms with van der Waals surface area (Å²) in [6.45, 7) is 0. The first kappa shape index (κ1) is 16.5. The number of allylic oxidation sites excluding steroid dienone is 1. The summed E-state index contributed by atoms with van der Waals surface area (Å²) in [5.41, 5.74) is 10.7. The lowest BCUT2D eigenvalue weighted by atomic mass is 9.94. The molecule has 0 fully saturated rings. The maximum absolute atomic E-state index is 11.3. The van der Waals surface area contributed by atoms with E-state index in [0.717, 1.165) is 11.1 Å². The molecule has 0 radical (unpaired) electrons. The van der Waals surface area contributed by atoms with E-state index in [9.17, 15) is 4.79 Å². The number of carbonyl (C=O) groups excluding carboxylic acids is 1. The maximum Gasteiger partial charge on any atom is 0.243 e. The minimum Gasteiger partial charge on any atom is -0.398 e. The molecule has 118 valence electrons. The van der Waals surface area contributed by atoms with Crippen molar-refractivity contribution in [2.75, 3.05) is 0 Å². The molecule has 0 aliphatic rings. The van der Waals surface area contributed by atoms with Gasteiger partial charge in [-0.1, -0.05) is 60.7 Å². The van der Waals surface area contributed by atoms with Gasteiger partial charge in [0.1, 0.15) is 0 Å². The Kier molecular flexibility index (Phi) is 5.66. The van der Waals surface area contributed by atoms with Crippen LogP contribution in [-0.4, -0.2) is 16.8 Å². The van der Waals surface area contributed by atoms with Crippen LogP contribution < -0.4 is 11.2 Å². The predicted molar refractivity (Wildman–Crippen MR) is 90.0 cm³/mol. The lowest BCUT2D eigenvalue weighted by molar-refractivity contribution is -0.129. The van der Waals surface area contributed by atoms with Crippen molar-refractivity contribution < 1.29 is 10.0 Å². The highest BCUT2D eigenvalue weighted by atomic mass is 16.5.